The smallest absolute Gasteiger partial charge is 0.176 e. The molecule has 1 unspecified atom stereocenters. The summed E-state index contributed by atoms with van der Waals surface area (Å²) in [6, 6.07) is 0.139. The first kappa shape index (κ1) is 15.3. The summed E-state index contributed by atoms with van der Waals surface area (Å²) in [7, 11) is 6.09. The van der Waals surface area contributed by atoms with Crippen molar-refractivity contribution in [1.82, 2.24) is 30.5 Å². The number of hydrogen-bond donors (Lipinski definition) is 2. The van der Waals surface area contributed by atoms with E-state index in [2.05, 4.69) is 39.8 Å². The van der Waals surface area contributed by atoms with Crippen molar-refractivity contribution in [3.05, 3.63) is 5.82 Å². The van der Waals surface area contributed by atoms with Gasteiger partial charge in [-0.05, 0) is 32.2 Å². The molecule has 1 aliphatic carbocycles. The highest BCUT2D eigenvalue weighted by molar-refractivity contribution is 5.02. The second-order valence-electron chi connectivity index (χ2n) is 6.03. The van der Waals surface area contributed by atoms with Gasteiger partial charge >= 0.3 is 0 Å². The Bertz CT molecular complexity index is 407. The van der Waals surface area contributed by atoms with Crippen LogP contribution < -0.4 is 11.3 Å². The second kappa shape index (κ2) is 6.60. The number of nitrogens with zero attached hydrogens (tertiary/aromatic N) is 5. The summed E-state index contributed by atoms with van der Waals surface area (Å²) in [5.41, 5.74) is 3.09. The van der Waals surface area contributed by atoms with Crippen LogP contribution in [0.15, 0.2) is 0 Å². The lowest BCUT2D eigenvalue weighted by Gasteiger charge is -2.45. The van der Waals surface area contributed by atoms with Crippen molar-refractivity contribution in [1.29, 1.82) is 0 Å². The fourth-order valence-corrected chi connectivity index (χ4v) is 3.44. The molecule has 0 aromatic carbocycles. The highest BCUT2D eigenvalue weighted by Crippen LogP contribution is 2.34. The molecule has 1 saturated carbocycles. The molecule has 1 fully saturated rings. The molecule has 0 amide bonds. The molecule has 1 aromatic rings. The van der Waals surface area contributed by atoms with Gasteiger partial charge in [0.25, 0.3) is 0 Å². The standard InChI is InChI=1S/C13H27N7/c1-19(2)13(8-6-4-5-7-9-13)11(15-14)10-12-16-18-20(3)17-12/h11,15H,4-10,14H2,1-3H3. The predicted molar refractivity (Wildman–Crippen MR) is 77.7 cm³/mol. The number of rotatable bonds is 5. The molecule has 1 aromatic heterocycles. The van der Waals surface area contributed by atoms with E-state index in [1.54, 1.807) is 7.05 Å². The van der Waals surface area contributed by atoms with Crippen molar-refractivity contribution in [2.75, 3.05) is 14.1 Å². The number of hydrogen-bond acceptors (Lipinski definition) is 6. The molecular weight excluding hydrogens is 254 g/mol. The summed E-state index contributed by atoms with van der Waals surface area (Å²) < 4.78 is 0. The normalized spacial score (nSPS) is 20.9. The Hall–Kier alpha value is -1.05. The molecule has 0 radical (unpaired) electrons. The Morgan fingerprint density at radius 1 is 1.30 bits per heavy atom. The lowest BCUT2D eigenvalue weighted by Crippen LogP contribution is -2.61. The Kier molecular flexibility index (Phi) is 5.06. The van der Waals surface area contributed by atoms with Crippen molar-refractivity contribution in [2.24, 2.45) is 12.9 Å². The maximum atomic E-state index is 5.87. The third kappa shape index (κ3) is 3.16. The van der Waals surface area contributed by atoms with Crippen LogP contribution in [0.3, 0.4) is 0 Å². The Balaban J connectivity index is 2.19. The summed E-state index contributed by atoms with van der Waals surface area (Å²) in [6.07, 6.45) is 8.17. The van der Waals surface area contributed by atoms with E-state index in [1.807, 2.05) is 0 Å². The van der Waals surface area contributed by atoms with Gasteiger partial charge in [-0.25, -0.2) is 0 Å². The minimum atomic E-state index is 0.0739. The van der Waals surface area contributed by atoms with E-state index in [4.69, 9.17) is 5.84 Å². The minimum Gasteiger partial charge on any atom is -0.302 e. The largest absolute Gasteiger partial charge is 0.302 e. The van der Waals surface area contributed by atoms with Crippen LogP contribution in [0.2, 0.25) is 0 Å². The van der Waals surface area contributed by atoms with Gasteiger partial charge in [0, 0.05) is 18.0 Å². The topological polar surface area (TPSA) is 84.9 Å². The maximum Gasteiger partial charge on any atom is 0.176 e. The van der Waals surface area contributed by atoms with Crippen LogP contribution in [0.1, 0.15) is 44.3 Å². The Morgan fingerprint density at radius 2 is 1.95 bits per heavy atom. The lowest BCUT2D eigenvalue weighted by atomic mass is 9.80. The average molecular weight is 281 g/mol. The van der Waals surface area contributed by atoms with Crippen LogP contribution in [-0.2, 0) is 13.5 Å². The van der Waals surface area contributed by atoms with E-state index in [0.29, 0.717) is 6.42 Å². The van der Waals surface area contributed by atoms with Gasteiger partial charge in [0.05, 0.1) is 7.05 Å². The molecule has 7 nitrogen and oxygen atoms in total. The van der Waals surface area contributed by atoms with Gasteiger partial charge in [-0.15, -0.1) is 10.2 Å². The van der Waals surface area contributed by atoms with Gasteiger partial charge in [-0.1, -0.05) is 25.7 Å². The van der Waals surface area contributed by atoms with Crippen LogP contribution >= 0.6 is 0 Å². The van der Waals surface area contributed by atoms with Crippen molar-refractivity contribution in [2.45, 2.75) is 56.5 Å². The maximum absolute atomic E-state index is 5.87. The zero-order valence-electron chi connectivity index (χ0n) is 12.8. The van der Waals surface area contributed by atoms with Crippen LogP contribution in [0.25, 0.3) is 0 Å². The number of tetrazole rings is 1. The lowest BCUT2D eigenvalue weighted by molar-refractivity contribution is 0.0792. The molecule has 3 N–H and O–H groups in total. The molecule has 1 aliphatic rings. The van der Waals surface area contributed by atoms with Crippen molar-refractivity contribution < 1.29 is 0 Å². The molecule has 0 bridgehead atoms. The summed E-state index contributed by atoms with van der Waals surface area (Å²) >= 11 is 0. The van der Waals surface area contributed by atoms with Gasteiger partial charge < -0.3 is 4.90 Å². The van der Waals surface area contributed by atoms with Crippen LogP contribution in [-0.4, -0.2) is 50.8 Å². The molecule has 0 spiro atoms. The van der Waals surface area contributed by atoms with E-state index < -0.39 is 0 Å². The number of nitrogens with one attached hydrogen (secondary N) is 1. The SMILES string of the molecule is CN(C)C1(C(Cc2nnn(C)n2)NN)CCCCCC1. The monoisotopic (exact) mass is 281 g/mol. The van der Waals surface area contributed by atoms with E-state index in [9.17, 15) is 0 Å². The minimum absolute atomic E-state index is 0.0739. The first-order valence-corrected chi connectivity index (χ1v) is 7.45. The zero-order chi connectivity index (χ0) is 14.6. The van der Waals surface area contributed by atoms with Gasteiger partial charge in [-0.3, -0.25) is 11.3 Å². The van der Waals surface area contributed by atoms with E-state index in [-0.39, 0.29) is 11.6 Å². The quantitative estimate of drug-likeness (QED) is 0.457. The Morgan fingerprint density at radius 3 is 2.40 bits per heavy atom. The van der Waals surface area contributed by atoms with Crippen molar-refractivity contribution in [3.8, 4) is 0 Å². The number of aromatic nitrogens is 4. The summed E-state index contributed by atoms with van der Waals surface area (Å²) in [6.45, 7) is 0. The van der Waals surface area contributed by atoms with Crippen molar-refractivity contribution in [3.63, 3.8) is 0 Å². The first-order valence-electron chi connectivity index (χ1n) is 7.45. The highest BCUT2D eigenvalue weighted by atomic mass is 15.6. The number of nitrogens with two attached hydrogens (primary N) is 1. The van der Waals surface area contributed by atoms with Gasteiger partial charge in [0.2, 0.25) is 0 Å². The molecule has 1 heterocycles. The fourth-order valence-electron chi connectivity index (χ4n) is 3.44. The Labute approximate surface area is 120 Å². The third-order valence-corrected chi connectivity index (χ3v) is 4.65. The summed E-state index contributed by atoms with van der Waals surface area (Å²) in [5.74, 6) is 6.62. The number of hydrazine groups is 1. The molecule has 7 heteroatoms. The van der Waals surface area contributed by atoms with Gasteiger partial charge in [-0.2, -0.15) is 4.80 Å². The number of likely N-dealkylation sites (N-methyl/N-ethyl adjacent to an activating group) is 1. The van der Waals surface area contributed by atoms with Gasteiger partial charge in [0.15, 0.2) is 5.82 Å². The number of aryl methyl sites for hydroxylation is 1. The van der Waals surface area contributed by atoms with Gasteiger partial charge in [0.1, 0.15) is 0 Å². The van der Waals surface area contributed by atoms with Crippen LogP contribution in [0, 0.1) is 0 Å². The molecule has 1 atom stereocenters. The summed E-state index contributed by atoms with van der Waals surface area (Å²) in [5, 5.41) is 12.3. The third-order valence-electron chi connectivity index (χ3n) is 4.65. The second-order valence-corrected chi connectivity index (χ2v) is 6.03. The highest BCUT2D eigenvalue weighted by Gasteiger charge is 2.41. The molecular formula is C13H27N7. The average Bonchev–Trinajstić information content (AvgIpc) is 2.68. The summed E-state index contributed by atoms with van der Waals surface area (Å²) in [4.78, 5) is 3.83. The van der Waals surface area contributed by atoms with Crippen LogP contribution in [0.4, 0.5) is 0 Å². The predicted octanol–water partition coefficient (Wildman–Crippen LogP) is 0.239. The first-order chi connectivity index (χ1) is 9.58. The molecule has 0 aliphatic heterocycles. The molecule has 0 saturated heterocycles. The fraction of sp³-hybridized carbons (Fsp3) is 0.923. The molecule has 114 valence electrons. The van der Waals surface area contributed by atoms with Crippen molar-refractivity contribution >= 4 is 0 Å². The van der Waals surface area contributed by atoms with E-state index in [0.717, 1.165) is 18.7 Å². The van der Waals surface area contributed by atoms with Crippen LogP contribution in [0.5, 0.6) is 0 Å². The van der Waals surface area contributed by atoms with E-state index >= 15 is 0 Å². The zero-order valence-corrected chi connectivity index (χ0v) is 12.8. The molecule has 20 heavy (non-hydrogen) atoms. The molecule has 2 rings (SSSR count). The van der Waals surface area contributed by atoms with E-state index in [1.165, 1.54) is 30.5 Å².